The number of aromatic nitrogens is 1. The number of anilines is 2. The van der Waals surface area contributed by atoms with Gasteiger partial charge in [0.2, 0.25) is 0 Å². The van der Waals surface area contributed by atoms with Gasteiger partial charge in [0.25, 0.3) is 11.5 Å². The average molecular weight is 600 g/mol. The number of ether oxygens (including phenoxy) is 2. The highest BCUT2D eigenvalue weighted by molar-refractivity contribution is 5.72. The molecule has 1 aromatic heterocycles. The number of nitrogen functional groups attached to an aromatic ring is 1. The summed E-state index contributed by atoms with van der Waals surface area (Å²) in [6.45, 7) is 5.82. The number of alkyl halides is 2. The third-order valence-electron chi connectivity index (χ3n) is 8.94. The summed E-state index contributed by atoms with van der Waals surface area (Å²) in [4.78, 5) is 17.9. The Labute approximate surface area is 250 Å². The highest BCUT2D eigenvalue weighted by Crippen LogP contribution is 2.39. The zero-order chi connectivity index (χ0) is 31.1. The van der Waals surface area contributed by atoms with Crippen LogP contribution in [0.1, 0.15) is 23.1 Å². The minimum Gasteiger partial charge on any atom is -0.496 e. The van der Waals surface area contributed by atoms with E-state index in [1.807, 2.05) is 28.9 Å². The number of likely N-dealkylation sites (tertiary alicyclic amines) is 1. The number of aryl methyl sites for hydroxylation is 1. The molecule has 232 valence electrons. The number of methoxy groups -OCH3 is 2. The van der Waals surface area contributed by atoms with Crippen LogP contribution < -0.4 is 25.7 Å². The molecular weight excluding hydrogens is 559 g/mol. The molecule has 0 radical (unpaired) electrons. The second-order valence-corrected chi connectivity index (χ2v) is 11.6. The molecule has 5 rings (SSSR count). The van der Waals surface area contributed by atoms with Gasteiger partial charge in [-0.1, -0.05) is 0 Å². The average Bonchev–Trinajstić information content (AvgIpc) is 2.98. The Balaban J connectivity index is 1.30. The van der Waals surface area contributed by atoms with Gasteiger partial charge in [-0.25, -0.2) is 13.2 Å². The van der Waals surface area contributed by atoms with Crippen molar-refractivity contribution in [2.45, 2.75) is 38.8 Å². The maximum Gasteiger partial charge on any atom is 0.275 e. The van der Waals surface area contributed by atoms with Crippen molar-refractivity contribution >= 4 is 11.4 Å². The van der Waals surface area contributed by atoms with Crippen LogP contribution in [0.4, 0.5) is 24.5 Å². The summed E-state index contributed by atoms with van der Waals surface area (Å²) < 4.78 is 58.8. The molecule has 2 aliphatic rings. The van der Waals surface area contributed by atoms with E-state index < -0.39 is 24.3 Å². The normalized spacial score (nSPS) is 19.4. The first kappa shape index (κ1) is 30.7. The molecule has 1 atom stereocenters. The Morgan fingerprint density at radius 2 is 1.63 bits per heavy atom. The largest absolute Gasteiger partial charge is 0.496 e. The molecule has 2 saturated heterocycles. The lowest BCUT2D eigenvalue weighted by atomic mass is 9.95. The highest BCUT2D eigenvalue weighted by Gasteiger charge is 2.48. The predicted molar refractivity (Wildman–Crippen MR) is 163 cm³/mol. The molecule has 11 heteroatoms. The molecule has 2 aliphatic heterocycles. The van der Waals surface area contributed by atoms with Gasteiger partial charge in [-0.05, 0) is 61.7 Å². The summed E-state index contributed by atoms with van der Waals surface area (Å²) in [7, 11) is 4.82. The van der Waals surface area contributed by atoms with Gasteiger partial charge in [0.1, 0.15) is 17.3 Å². The Morgan fingerprint density at radius 1 is 0.977 bits per heavy atom. The van der Waals surface area contributed by atoms with E-state index in [0.29, 0.717) is 73.1 Å². The number of halogens is 3. The van der Waals surface area contributed by atoms with Crippen LogP contribution >= 0.6 is 0 Å². The molecule has 0 unspecified atom stereocenters. The van der Waals surface area contributed by atoms with Crippen LogP contribution in [0.15, 0.2) is 41.3 Å². The van der Waals surface area contributed by atoms with Gasteiger partial charge in [-0.2, -0.15) is 0 Å². The standard InChI is InChI=1S/C32H40F3N5O3/c1-20-21(2)31(41)37(3)17-24(20)22-14-28(42-4)25(29(15-22)43-5)18-38-9-8-30(32(34,35)19-38)40-12-10-39(11-13-40)27-7-6-23(36)16-26(27)33/h6-7,14-17,30H,8-13,18-19,36H2,1-5H3/t30-/m0/s1. The SMILES string of the molecule is COc1cc(-c2cn(C)c(=O)c(C)c2C)cc(OC)c1CN1CC[C@H](N2CCN(c3ccc(N)cc3F)CC2)C(F)(F)C1. The summed E-state index contributed by atoms with van der Waals surface area (Å²) in [5.74, 6) is -2.25. The van der Waals surface area contributed by atoms with Crippen LogP contribution in [0.2, 0.25) is 0 Å². The lowest BCUT2D eigenvalue weighted by molar-refractivity contribution is -0.129. The molecule has 2 fully saturated rings. The third-order valence-corrected chi connectivity index (χ3v) is 8.94. The molecule has 2 N–H and O–H groups in total. The fourth-order valence-electron chi connectivity index (χ4n) is 6.42. The van der Waals surface area contributed by atoms with Crippen LogP contribution in [0.5, 0.6) is 11.5 Å². The van der Waals surface area contributed by atoms with Gasteiger partial charge >= 0.3 is 0 Å². The predicted octanol–water partition coefficient (Wildman–Crippen LogP) is 4.44. The molecule has 3 aromatic rings. The smallest absolute Gasteiger partial charge is 0.275 e. The molecule has 0 saturated carbocycles. The number of rotatable bonds is 7. The van der Waals surface area contributed by atoms with Gasteiger partial charge < -0.3 is 24.7 Å². The molecular formula is C32H40F3N5O3. The van der Waals surface area contributed by atoms with Crippen LogP contribution in [0.3, 0.4) is 0 Å². The number of hydrogen-bond donors (Lipinski definition) is 1. The fraction of sp³-hybridized carbons (Fsp3) is 0.469. The van der Waals surface area contributed by atoms with Crippen LogP contribution in [-0.2, 0) is 13.6 Å². The van der Waals surface area contributed by atoms with E-state index in [0.717, 1.165) is 16.7 Å². The van der Waals surface area contributed by atoms with E-state index in [2.05, 4.69) is 0 Å². The number of pyridine rings is 1. The quantitative estimate of drug-likeness (QED) is 0.403. The highest BCUT2D eigenvalue weighted by atomic mass is 19.3. The van der Waals surface area contributed by atoms with Crippen molar-refractivity contribution in [1.29, 1.82) is 0 Å². The summed E-state index contributed by atoms with van der Waals surface area (Å²) in [6, 6.07) is 7.45. The van der Waals surface area contributed by atoms with E-state index in [-0.39, 0.29) is 12.1 Å². The Morgan fingerprint density at radius 3 is 2.21 bits per heavy atom. The molecule has 0 bridgehead atoms. The summed E-state index contributed by atoms with van der Waals surface area (Å²) in [5, 5.41) is 0. The zero-order valence-corrected chi connectivity index (χ0v) is 25.4. The van der Waals surface area contributed by atoms with Crippen molar-refractivity contribution in [1.82, 2.24) is 14.4 Å². The first-order valence-electron chi connectivity index (χ1n) is 14.5. The van der Waals surface area contributed by atoms with Gasteiger partial charge in [0.15, 0.2) is 0 Å². The first-order valence-corrected chi connectivity index (χ1v) is 14.5. The molecule has 2 aromatic carbocycles. The second kappa shape index (κ2) is 12.1. The van der Waals surface area contributed by atoms with Crippen molar-refractivity contribution < 1.29 is 22.6 Å². The van der Waals surface area contributed by atoms with Gasteiger partial charge in [0.05, 0.1) is 38.1 Å². The fourth-order valence-corrected chi connectivity index (χ4v) is 6.42. The molecule has 0 amide bonds. The van der Waals surface area contributed by atoms with Crippen molar-refractivity contribution in [3.63, 3.8) is 0 Å². The molecule has 3 heterocycles. The van der Waals surface area contributed by atoms with Crippen molar-refractivity contribution in [3.05, 3.63) is 69.4 Å². The van der Waals surface area contributed by atoms with Gasteiger partial charge in [0, 0.05) is 69.3 Å². The zero-order valence-electron chi connectivity index (χ0n) is 25.4. The minimum absolute atomic E-state index is 0.0567. The Kier molecular flexibility index (Phi) is 8.67. The number of hydrogen-bond acceptors (Lipinski definition) is 7. The van der Waals surface area contributed by atoms with Crippen LogP contribution in [0.25, 0.3) is 11.1 Å². The first-order chi connectivity index (χ1) is 20.4. The molecule has 8 nitrogen and oxygen atoms in total. The Bertz CT molecular complexity index is 1530. The van der Waals surface area contributed by atoms with Crippen molar-refractivity contribution in [3.8, 4) is 22.6 Å². The van der Waals surface area contributed by atoms with Crippen LogP contribution in [-0.4, -0.2) is 79.8 Å². The number of nitrogens with zero attached hydrogens (tertiary/aromatic N) is 4. The van der Waals surface area contributed by atoms with E-state index in [1.165, 1.54) is 6.07 Å². The summed E-state index contributed by atoms with van der Waals surface area (Å²) in [6.07, 6.45) is 2.10. The van der Waals surface area contributed by atoms with E-state index in [1.54, 1.807) is 56.0 Å². The number of piperazine rings is 1. The Hall–Kier alpha value is -3.70. The van der Waals surface area contributed by atoms with Crippen molar-refractivity contribution in [2.75, 3.05) is 64.1 Å². The van der Waals surface area contributed by atoms with Crippen molar-refractivity contribution in [2.24, 2.45) is 7.05 Å². The maximum absolute atomic E-state index is 15.7. The molecule has 43 heavy (non-hydrogen) atoms. The lowest BCUT2D eigenvalue weighted by Gasteiger charge is -2.46. The van der Waals surface area contributed by atoms with Gasteiger partial charge in [-0.15, -0.1) is 0 Å². The summed E-state index contributed by atoms with van der Waals surface area (Å²) in [5.41, 5.74) is 10.3. The monoisotopic (exact) mass is 599 g/mol. The number of nitrogens with two attached hydrogens (primary N) is 1. The summed E-state index contributed by atoms with van der Waals surface area (Å²) >= 11 is 0. The number of piperidine rings is 1. The molecule has 0 aliphatic carbocycles. The van der Waals surface area contributed by atoms with E-state index in [4.69, 9.17) is 15.2 Å². The van der Waals surface area contributed by atoms with Crippen LogP contribution in [0, 0.1) is 19.7 Å². The second-order valence-electron chi connectivity index (χ2n) is 11.6. The lowest BCUT2D eigenvalue weighted by Crippen LogP contribution is -2.61. The maximum atomic E-state index is 15.7. The third kappa shape index (κ3) is 6.05. The minimum atomic E-state index is -2.93. The molecule has 0 spiro atoms. The van der Waals surface area contributed by atoms with Gasteiger partial charge in [-0.3, -0.25) is 14.6 Å². The van der Waals surface area contributed by atoms with E-state index >= 15 is 8.78 Å². The number of benzene rings is 2. The topological polar surface area (TPSA) is 76.2 Å². The van der Waals surface area contributed by atoms with E-state index in [9.17, 15) is 9.18 Å².